The molecule has 3 aromatic carbocycles. The first-order valence-electron chi connectivity index (χ1n) is 10.3. The SMILES string of the molecule is CC(C)c1ccc(-c2nnc(SCc3cccc(C(F)(F)F)c3)n2-c2cccc(Br)c2)cc1. The molecule has 0 fully saturated rings. The van der Waals surface area contributed by atoms with Gasteiger partial charge in [-0.1, -0.05) is 90.1 Å². The summed E-state index contributed by atoms with van der Waals surface area (Å²) >= 11 is 4.86. The Bertz CT molecular complexity index is 1250. The minimum absolute atomic E-state index is 0.336. The van der Waals surface area contributed by atoms with E-state index in [2.05, 4.69) is 52.1 Å². The molecule has 1 heterocycles. The first-order chi connectivity index (χ1) is 15.7. The van der Waals surface area contributed by atoms with Gasteiger partial charge >= 0.3 is 6.18 Å². The maximum absolute atomic E-state index is 13.1. The van der Waals surface area contributed by atoms with Crippen LogP contribution < -0.4 is 0 Å². The van der Waals surface area contributed by atoms with E-state index in [0.29, 0.717) is 28.2 Å². The van der Waals surface area contributed by atoms with Gasteiger partial charge in [0.2, 0.25) is 0 Å². The van der Waals surface area contributed by atoms with Crippen LogP contribution in [0.25, 0.3) is 17.1 Å². The number of hydrogen-bond donors (Lipinski definition) is 0. The Kier molecular flexibility index (Phi) is 6.95. The van der Waals surface area contributed by atoms with Crippen molar-refractivity contribution in [3.8, 4) is 17.1 Å². The average molecular weight is 532 g/mol. The Labute approximate surface area is 203 Å². The summed E-state index contributed by atoms with van der Waals surface area (Å²) in [6.45, 7) is 4.28. The molecule has 1 aromatic heterocycles. The van der Waals surface area contributed by atoms with Gasteiger partial charge in [-0.2, -0.15) is 13.2 Å². The van der Waals surface area contributed by atoms with Gasteiger partial charge in [-0.3, -0.25) is 4.57 Å². The van der Waals surface area contributed by atoms with E-state index in [-0.39, 0.29) is 0 Å². The summed E-state index contributed by atoms with van der Waals surface area (Å²) in [7, 11) is 0. The molecule has 0 bridgehead atoms. The van der Waals surface area contributed by atoms with Crippen LogP contribution in [0.2, 0.25) is 0 Å². The monoisotopic (exact) mass is 531 g/mol. The second-order valence-electron chi connectivity index (χ2n) is 7.88. The molecule has 170 valence electrons. The van der Waals surface area contributed by atoms with Crippen molar-refractivity contribution in [1.82, 2.24) is 14.8 Å². The molecule has 0 amide bonds. The minimum Gasteiger partial charge on any atom is -0.270 e. The summed E-state index contributed by atoms with van der Waals surface area (Å²) in [5.74, 6) is 1.43. The van der Waals surface area contributed by atoms with Crippen molar-refractivity contribution in [1.29, 1.82) is 0 Å². The Balaban J connectivity index is 1.70. The van der Waals surface area contributed by atoms with E-state index in [1.165, 1.54) is 29.5 Å². The molecule has 33 heavy (non-hydrogen) atoms. The van der Waals surface area contributed by atoms with Crippen LogP contribution in [-0.2, 0) is 11.9 Å². The Morgan fingerprint density at radius 3 is 2.33 bits per heavy atom. The summed E-state index contributed by atoms with van der Waals surface area (Å²) < 4.78 is 42.1. The molecule has 0 aliphatic carbocycles. The fraction of sp³-hybridized carbons (Fsp3) is 0.200. The lowest BCUT2D eigenvalue weighted by Gasteiger charge is -2.12. The van der Waals surface area contributed by atoms with E-state index in [1.807, 2.05) is 41.0 Å². The van der Waals surface area contributed by atoms with E-state index in [4.69, 9.17) is 0 Å². The number of halogens is 4. The molecule has 3 nitrogen and oxygen atoms in total. The highest BCUT2D eigenvalue weighted by Crippen LogP contribution is 2.33. The van der Waals surface area contributed by atoms with Crippen molar-refractivity contribution in [2.24, 2.45) is 0 Å². The van der Waals surface area contributed by atoms with Crippen molar-refractivity contribution in [3.63, 3.8) is 0 Å². The summed E-state index contributed by atoms with van der Waals surface area (Å²) in [5.41, 5.74) is 2.93. The number of rotatable bonds is 6. The molecule has 0 atom stereocenters. The molecular weight excluding hydrogens is 511 g/mol. The van der Waals surface area contributed by atoms with E-state index < -0.39 is 11.7 Å². The third-order valence-electron chi connectivity index (χ3n) is 5.16. The minimum atomic E-state index is -4.37. The fourth-order valence-electron chi connectivity index (χ4n) is 3.40. The van der Waals surface area contributed by atoms with E-state index in [0.717, 1.165) is 21.8 Å². The topological polar surface area (TPSA) is 30.7 Å². The molecule has 0 N–H and O–H groups in total. The van der Waals surface area contributed by atoms with E-state index in [1.54, 1.807) is 6.07 Å². The van der Waals surface area contributed by atoms with Gasteiger partial charge in [0.05, 0.1) is 11.3 Å². The van der Waals surface area contributed by atoms with Crippen molar-refractivity contribution >= 4 is 27.7 Å². The zero-order chi connectivity index (χ0) is 23.6. The standard InChI is InChI=1S/C25H21BrF3N3S/c1-16(2)18-9-11-19(12-10-18)23-30-31-24(32(23)22-8-4-7-21(26)14-22)33-15-17-5-3-6-20(13-17)25(27,28)29/h3-14,16H,15H2,1-2H3. The maximum Gasteiger partial charge on any atom is 0.416 e. The molecule has 0 saturated carbocycles. The molecule has 8 heteroatoms. The predicted octanol–water partition coefficient (Wildman–Crippen LogP) is 8.13. The van der Waals surface area contributed by atoms with Crippen LogP contribution in [0, 0.1) is 0 Å². The van der Waals surface area contributed by atoms with Gasteiger partial charge < -0.3 is 0 Å². The molecular formula is C25H21BrF3N3S. The lowest BCUT2D eigenvalue weighted by molar-refractivity contribution is -0.137. The summed E-state index contributed by atoms with van der Waals surface area (Å²) in [6, 6.07) is 21.3. The first-order valence-corrected chi connectivity index (χ1v) is 12.1. The molecule has 4 rings (SSSR count). The number of aromatic nitrogens is 3. The quantitative estimate of drug-likeness (QED) is 0.235. The Hall–Kier alpha value is -2.58. The molecule has 0 unspecified atom stereocenters. The molecule has 0 aliphatic heterocycles. The van der Waals surface area contributed by atoms with E-state index in [9.17, 15) is 13.2 Å². The summed E-state index contributed by atoms with van der Waals surface area (Å²) in [5, 5.41) is 9.42. The van der Waals surface area contributed by atoms with Gasteiger partial charge in [0, 0.05) is 15.8 Å². The smallest absolute Gasteiger partial charge is 0.270 e. The van der Waals surface area contributed by atoms with Gasteiger partial charge in [0.25, 0.3) is 0 Å². The van der Waals surface area contributed by atoms with E-state index >= 15 is 0 Å². The second kappa shape index (κ2) is 9.73. The number of alkyl halides is 3. The number of nitrogens with zero attached hydrogens (tertiary/aromatic N) is 3. The second-order valence-corrected chi connectivity index (χ2v) is 9.74. The molecule has 4 aromatic rings. The predicted molar refractivity (Wildman–Crippen MR) is 130 cm³/mol. The van der Waals surface area contributed by atoms with Crippen molar-refractivity contribution in [3.05, 3.63) is 94.0 Å². The number of hydrogen-bond acceptors (Lipinski definition) is 3. The van der Waals surface area contributed by atoms with Crippen LogP contribution >= 0.6 is 27.7 Å². The van der Waals surface area contributed by atoms with Crippen LogP contribution in [0.1, 0.15) is 36.5 Å². The maximum atomic E-state index is 13.1. The van der Waals surface area contributed by atoms with Gasteiger partial charge in [-0.15, -0.1) is 10.2 Å². The van der Waals surface area contributed by atoms with Gasteiger partial charge in [0.15, 0.2) is 11.0 Å². The molecule has 0 saturated heterocycles. The van der Waals surface area contributed by atoms with Gasteiger partial charge in [0.1, 0.15) is 0 Å². The largest absolute Gasteiger partial charge is 0.416 e. The first kappa shape index (κ1) is 23.6. The van der Waals surface area contributed by atoms with Crippen LogP contribution in [-0.4, -0.2) is 14.8 Å². The summed E-state index contributed by atoms with van der Waals surface area (Å²) in [4.78, 5) is 0. The molecule has 0 aliphatic rings. The number of benzene rings is 3. The fourth-order valence-corrected chi connectivity index (χ4v) is 4.68. The lowest BCUT2D eigenvalue weighted by atomic mass is 10.0. The Morgan fingerprint density at radius 2 is 1.67 bits per heavy atom. The average Bonchev–Trinajstić information content (AvgIpc) is 3.21. The molecule has 0 spiro atoms. The van der Waals surface area contributed by atoms with Gasteiger partial charge in [-0.05, 0) is 41.3 Å². The van der Waals surface area contributed by atoms with Crippen molar-refractivity contribution in [2.75, 3.05) is 0 Å². The molecule has 0 radical (unpaired) electrons. The van der Waals surface area contributed by atoms with Gasteiger partial charge in [-0.25, -0.2) is 0 Å². The normalized spacial score (nSPS) is 11.8. The zero-order valence-electron chi connectivity index (χ0n) is 18.0. The van der Waals surface area contributed by atoms with Crippen LogP contribution in [0.4, 0.5) is 13.2 Å². The highest BCUT2D eigenvalue weighted by molar-refractivity contribution is 9.10. The third kappa shape index (κ3) is 5.50. The van der Waals surface area contributed by atoms with Crippen molar-refractivity contribution < 1.29 is 13.2 Å². The number of thioether (sulfide) groups is 1. The van der Waals surface area contributed by atoms with Crippen LogP contribution in [0.5, 0.6) is 0 Å². The highest BCUT2D eigenvalue weighted by atomic mass is 79.9. The van der Waals surface area contributed by atoms with Crippen LogP contribution in [0.15, 0.2) is 82.4 Å². The zero-order valence-corrected chi connectivity index (χ0v) is 20.4. The van der Waals surface area contributed by atoms with Crippen LogP contribution in [0.3, 0.4) is 0 Å². The summed E-state index contributed by atoms with van der Waals surface area (Å²) in [6.07, 6.45) is -4.37. The van der Waals surface area contributed by atoms with Crippen molar-refractivity contribution in [2.45, 2.75) is 36.9 Å². The third-order valence-corrected chi connectivity index (χ3v) is 6.65. The highest BCUT2D eigenvalue weighted by Gasteiger charge is 2.30. The lowest BCUT2D eigenvalue weighted by Crippen LogP contribution is -2.05. The Morgan fingerprint density at radius 1 is 0.939 bits per heavy atom.